The number of benzene rings is 2. The summed E-state index contributed by atoms with van der Waals surface area (Å²) in [6.07, 6.45) is 0.225. The third kappa shape index (κ3) is 3.66. The van der Waals surface area contributed by atoms with Crippen molar-refractivity contribution in [1.29, 1.82) is 0 Å². The predicted molar refractivity (Wildman–Crippen MR) is 86.9 cm³/mol. The van der Waals surface area contributed by atoms with Gasteiger partial charge in [0.1, 0.15) is 12.4 Å². The number of para-hydroxylation sites is 2. The first-order valence-corrected chi connectivity index (χ1v) is 7.23. The molecular weight excluding hydrogens is 330 g/mol. The summed E-state index contributed by atoms with van der Waals surface area (Å²) in [5.41, 5.74) is 2.15. The molecule has 1 aliphatic heterocycles. The van der Waals surface area contributed by atoms with Crippen molar-refractivity contribution in [3.8, 4) is 17.2 Å². The fraction of sp³-hybridized carbons (Fsp3) is 0.125. The highest BCUT2D eigenvalue weighted by Crippen LogP contribution is 2.30. The number of phenolic OH excluding ortho intramolecular Hbond substituents is 1. The number of nitro groups is 1. The van der Waals surface area contributed by atoms with E-state index in [1.54, 1.807) is 24.3 Å². The zero-order valence-electron chi connectivity index (χ0n) is 12.8. The molecule has 2 N–H and O–H groups in total. The molecule has 1 aliphatic rings. The van der Waals surface area contributed by atoms with E-state index in [9.17, 15) is 20.0 Å². The van der Waals surface area contributed by atoms with E-state index in [1.807, 2.05) is 0 Å². The van der Waals surface area contributed by atoms with Gasteiger partial charge in [-0.25, -0.2) is 5.43 Å². The number of nitrogens with one attached hydrogen (secondary N) is 1. The Bertz CT molecular complexity index is 852. The molecule has 25 heavy (non-hydrogen) atoms. The van der Waals surface area contributed by atoms with Crippen LogP contribution in [-0.2, 0) is 4.79 Å². The zero-order chi connectivity index (χ0) is 17.8. The molecule has 2 aromatic rings. The smallest absolute Gasteiger partial charge is 0.284 e. The number of rotatable bonds is 4. The molecule has 128 valence electrons. The van der Waals surface area contributed by atoms with Crippen LogP contribution in [0.5, 0.6) is 17.2 Å². The van der Waals surface area contributed by atoms with Crippen molar-refractivity contribution in [2.75, 3.05) is 6.61 Å². The number of non-ortho nitro benzene ring substituents is 1. The SMILES string of the molecule is O=C(N/N=C/c1cc([N+](=O)[O-])ccc1O)[C@H]1COc2ccccc2O1. The molecule has 3 rings (SSSR count). The van der Waals surface area contributed by atoms with Crippen LogP contribution >= 0.6 is 0 Å². The summed E-state index contributed by atoms with van der Waals surface area (Å²) in [6, 6.07) is 10.4. The summed E-state index contributed by atoms with van der Waals surface area (Å²) in [5, 5.41) is 24.1. The van der Waals surface area contributed by atoms with Crippen molar-refractivity contribution in [3.05, 3.63) is 58.1 Å². The van der Waals surface area contributed by atoms with Crippen LogP contribution in [0.4, 0.5) is 5.69 Å². The van der Waals surface area contributed by atoms with Gasteiger partial charge in [-0.1, -0.05) is 12.1 Å². The second kappa shape index (κ2) is 6.87. The van der Waals surface area contributed by atoms with Gasteiger partial charge in [0.15, 0.2) is 11.5 Å². The molecule has 2 aromatic carbocycles. The Morgan fingerprint density at radius 3 is 2.84 bits per heavy atom. The molecule has 0 aromatic heterocycles. The number of hydrazone groups is 1. The molecular formula is C16H13N3O6. The summed E-state index contributed by atoms with van der Waals surface area (Å²) in [4.78, 5) is 22.2. The highest BCUT2D eigenvalue weighted by Gasteiger charge is 2.27. The molecule has 1 heterocycles. The monoisotopic (exact) mass is 343 g/mol. The quantitative estimate of drug-likeness (QED) is 0.494. The lowest BCUT2D eigenvalue weighted by atomic mass is 10.2. The Labute approximate surface area is 141 Å². The molecule has 9 nitrogen and oxygen atoms in total. The van der Waals surface area contributed by atoms with Gasteiger partial charge in [-0.3, -0.25) is 14.9 Å². The maximum Gasteiger partial charge on any atom is 0.284 e. The standard InChI is InChI=1S/C16H13N3O6/c20-12-6-5-11(19(22)23)7-10(12)8-17-18-16(21)15-9-24-13-3-1-2-4-14(13)25-15/h1-8,15,20H,9H2,(H,18,21)/b17-8+/t15-/m1/s1. The number of nitro benzene ring substituents is 1. The Hall–Kier alpha value is -3.62. The van der Waals surface area contributed by atoms with Gasteiger partial charge in [0.25, 0.3) is 11.6 Å². The third-order valence-corrected chi connectivity index (χ3v) is 3.40. The van der Waals surface area contributed by atoms with E-state index in [0.29, 0.717) is 11.5 Å². The first-order chi connectivity index (χ1) is 12.0. The van der Waals surface area contributed by atoms with Crippen molar-refractivity contribution in [1.82, 2.24) is 5.43 Å². The number of carbonyl (C=O) groups is 1. The van der Waals surface area contributed by atoms with Crippen molar-refractivity contribution in [2.45, 2.75) is 6.10 Å². The van der Waals surface area contributed by atoms with Gasteiger partial charge in [-0.15, -0.1) is 0 Å². The number of amides is 1. The fourth-order valence-electron chi connectivity index (χ4n) is 2.15. The largest absolute Gasteiger partial charge is 0.507 e. The van der Waals surface area contributed by atoms with Gasteiger partial charge in [0.2, 0.25) is 6.10 Å². The number of ether oxygens (including phenoxy) is 2. The lowest BCUT2D eigenvalue weighted by Gasteiger charge is -2.24. The second-order valence-electron chi connectivity index (χ2n) is 5.10. The number of phenols is 1. The summed E-state index contributed by atoms with van der Waals surface area (Å²) in [6.45, 7) is 0.0282. The van der Waals surface area contributed by atoms with E-state index < -0.39 is 16.9 Å². The molecule has 0 unspecified atom stereocenters. The van der Waals surface area contributed by atoms with Crippen LogP contribution in [0.25, 0.3) is 0 Å². The first kappa shape index (κ1) is 16.2. The van der Waals surface area contributed by atoms with E-state index in [4.69, 9.17) is 9.47 Å². The van der Waals surface area contributed by atoms with Crippen LogP contribution in [0.15, 0.2) is 47.6 Å². The van der Waals surface area contributed by atoms with E-state index in [-0.39, 0.29) is 23.6 Å². The molecule has 0 saturated heterocycles. The topological polar surface area (TPSA) is 123 Å². The Kier molecular flexibility index (Phi) is 4.46. The second-order valence-corrected chi connectivity index (χ2v) is 5.10. The zero-order valence-corrected chi connectivity index (χ0v) is 12.8. The summed E-state index contributed by atoms with van der Waals surface area (Å²) < 4.78 is 11.0. The highest BCUT2D eigenvalue weighted by molar-refractivity contribution is 5.87. The van der Waals surface area contributed by atoms with Crippen molar-refractivity contribution >= 4 is 17.8 Å². The van der Waals surface area contributed by atoms with E-state index >= 15 is 0 Å². The molecule has 0 saturated carbocycles. The molecule has 9 heteroatoms. The highest BCUT2D eigenvalue weighted by atomic mass is 16.6. The minimum absolute atomic E-state index is 0.0282. The Morgan fingerprint density at radius 1 is 1.32 bits per heavy atom. The lowest BCUT2D eigenvalue weighted by Crippen LogP contribution is -2.42. The molecule has 0 bridgehead atoms. The van der Waals surface area contributed by atoms with Crippen LogP contribution in [0.2, 0.25) is 0 Å². The molecule has 0 fully saturated rings. The molecule has 0 radical (unpaired) electrons. The molecule has 0 aliphatic carbocycles. The third-order valence-electron chi connectivity index (χ3n) is 3.40. The van der Waals surface area contributed by atoms with Gasteiger partial charge in [-0.05, 0) is 18.2 Å². The van der Waals surface area contributed by atoms with Crippen LogP contribution in [-0.4, -0.2) is 34.9 Å². The van der Waals surface area contributed by atoms with Crippen molar-refractivity contribution < 1.29 is 24.3 Å². The molecule has 1 amide bonds. The van der Waals surface area contributed by atoms with Gasteiger partial charge in [0, 0.05) is 17.7 Å². The fourth-order valence-corrected chi connectivity index (χ4v) is 2.15. The number of hydrogen-bond donors (Lipinski definition) is 2. The minimum Gasteiger partial charge on any atom is -0.507 e. The van der Waals surface area contributed by atoms with Crippen molar-refractivity contribution in [3.63, 3.8) is 0 Å². The number of fused-ring (bicyclic) bond motifs is 1. The van der Waals surface area contributed by atoms with Crippen LogP contribution in [0.3, 0.4) is 0 Å². The van der Waals surface area contributed by atoms with Gasteiger partial charge in [0.05, 0.1) is 11.1 Å². The van der Waals surface area contributed by atoms with Gasteiger partial charge < -0.3 is 14.6 Å². The molecule has 0 spiro atoms. The normalized spacial score (nSPS) is 15.8. The lowest BCUT2D eigenvalue weighted by molar-refractivity contribution is -0.384. The minimum atomic E-state index is -0.884. The van der Waals surface area contributed by atoms with E-state index in [1.165, 1.54) is 6.07 Å². The molecule has 1 atom stereocenters. The first-order valence-electron chi connectivity index (χ1n) is 7.23. The maximum atomic E-state index is 12.1. The predicted octanol–water partition coefficient (Wildman–Crippen LogP) is 1.59. The average Bonchev–Trinajstić information content (AvgIpc) is 2.62. The Morgan fingerprint density at radius 2 is 2.08 bits per heavy atom. The summed E-state index contributed by atoms with van der Waals surface area (Å²) >= 11 is 0. The van der Waals surface area contributed by atoms with E-state index in [0.717, 1.165) is 18.3 Å². The van der Waals surface area contributed by atoms with Gasteiger partial charge >= 0.3 is 0 Å². The van der Waals surface area contributed by atoms with Crippen LogP contribution < -0.4 is 14.9 Å². The van der Waals surface area contributed by atoms with Crippen LogP contribution in [0, 0.1) is 10.1 Å². The summed E-state index contributed by atoms with van der Waals surface area (Å²) in [5.74, 6) is 0.260. The maximum absolute atomic E-state index is 12.1. The summed E-state index contributed by atoms with van der Waals surface area (Å²) in [7, 11) is 0. The van der Waals surface area contributed by atoms with Gasteiger partial charge in [-0.2, -0.15) is 5.10 Å². The van der Waals surface area contributed by atoms with E-state index in [2.05, 4.69) is 10.5 Å². The number of carbonyl (C=O) groups excluding carboxylic acids is 1. The number of nitrogens with zero attached hydrogens (tertiary/aromatic N) is 2. The van der Waals surface area contributed by atoms with Crippen LogP contribution in [0.1, 0.15) is 5.56 Å². The number of hydrogen-bond acceptors (Lipinski definition) is 7. The van der Waals surface area contributed by atoms with Crippen molar-refractivity contribution in [2.24, 2.45) is 5.10 Å². The number of aromatic hydroxyl groups is 1. The Balaban J connectivity index is 1.64. The average molecular weight is 343 g/mol.